The number of likely N-dealkylation sites (tertiary alicyclic amines) is 1. The van der Waals surface area contributed by atoms with E-state index in [4.69, 9.17) is 4.74 Å². The summed E-state index contributed by atoms with van der Waals surface area (Å²) < 4.78 is 33.5. The maximum atomic E-state index is 13.2. The molecule has 7 nitrogen and oxygen atoms in total. The van der Waals surface area contributed by atoms with Gasteiger partial charge in [0.05, 0.1) is 13.2 Å². The molecule has 2 fully saturated rings. The normalized spacial score (nSPS) is 19.8. The average Bonchev–Trinajstić information content (AvgIpc) is 2.71. The van der Waals surface area contributed by atoms with Crippen LogP contribution >= 0.6 is 0 Å². The monoisotopic (exact) mass is 423 g/mol. The zero-order valence-electron chi connectivity index (χ0n) is 17.5. The summed E-state index contributed by atoms with van der Waals surface area (Å²) in [5, 5.41) is 2.87. The van der Waals surface area contributed by atoms with Crippen molar-refractivity contribution in [2.45, 2.75) is 50.8 Å². The van der Waals surface area contributed by atoms with Crippen molar-refractivity contribution in [3.05, 3.63) is 18.2 Å². The summed E-state index contributed by atoms with van der Waals surface area (Å²) in [5.74, 6) is 0.925. The number of carbonyl (C=O) groups excluding carboxylic acids is 1. The Kier molecular flexibility index (Phi) is 7.54. The molecule has 3 rings (SSSR count). The molecular formula is C21H33N3O4S. The van der Waals surface area contributed by atoms with Crippen molar-refractivity contribution in [1.29, 1.82) is 0 Å². The minimum Gasteiger partial charge on any atom is -0.492 e. The van der Waals surface area contributed by atoms with Crippen LogP contribution in [-0.2, 0) is 14.8 Å². The molecule has 1 amide bonds. The summed E-state index contributed by atoms with van der Waals surface area (Å²) >= 11 is 0. The first-order chi connectivity index (χ1) is 13.9. The van der Waals surface area contributed by atoms with Crippen LogP contribution in [0, 0.1) is 5.92 Å². The predicted molar refractivity (Wildman–Crippen MR) is 114 cm³/mol. The Balaban J connectivity index is 1.74. The van der Waals surface area contributed by atoms with Crippen LogP contribution in [0.15, 0.2) is 23.1 Å². The van der Waals surface area contributed by atoms with Gasteiger partial charge in [-0.05, 0) is 69.8 Å². The highest BCUT2D eigenvalue weighted by molar-refractivity contribution is 7.89. The van der Waals surface area contributed by atoms with Crippen LogP contribution in [-0.4, -0.2) is 62.9 Å². The molecule has 0 spiro atoms. The van der Waals surface area contributed by atoms with E-state index < -0.39 is 10.0 Å². The number of nitrogens with zero attached hydrogens (tertiary/aromatic N) is 2. The van der Waals surface area contributed by atoms with Gasteiger partial charge in [-0.1, -0.05) is 13.3 Å². The van der Waals surface area contributed by atoms with Gasteiger partial charge in [0.1, 0.15) is 10.6 Å². The molecule has 2 aliphatic heterocycles. The lowest BCUT2D eigenvalue weighted by atomic mass is 9.99. The molecule has 0 aromatic heterocycles. The second-order valence-corrected chi connectivity index (χ2v) is 9.97. The molecule has 0 bridgehead atoms. The fourth-order valence-corrected chi connectivity index (χ4v) is 5.60. The molecule has 8 heteroatoms. The Hall–Kier alpha value is -1.64. The van der Waals surface area contributed by atoms with Crippen LogP contribution in [0.5, 0.6) is 5.75 Å². The first-order valence-corrected chi connectivity index (χ1v) is 12.1. The summed E-state index contributed by atoms with van der Waals surface area (Å²) in [4.78, 5) is 14.8. The summed E-state index contributed by atoms with van der Waals surface area (Å²) in [6, 6.07) is 4.88. The molecule has 1 aromatic rings. The lowest BCUT2D eigenvalue weighted by molar-refractivity contribution is -0.117. The minimum atomic E-state index is -3.66. The summed E-state index contributed by atoms with van der Waals surface area (Å²) in [5.41, 5.74) is 0.486. The van der Waals surface area contributed by atoms with Crippen LogP contribution in [0.1, 0.15) is 46.0 Å². The maximum absolute atomic E-state index is 13.2. The standard InChI is InChI=1S/C21H33N3O4S/c1-3-28-19-8-7-18(22-21(25)16-23-13-9-17(2)10-14-23)15-20(19)29(26,27)24-11-5-4-6-12-24/h7-8,15,17H,3-6,9-14,16H2,1-2H3,(H,22,25). The van der Waals surface area contributed by atoms with E-state index in [1.807, 2.05) is 6.92 Å². The van der Waals surface area contributed by atoms with E-state index in [1.165, 1.54) is 10.4 Å². The SMILES string of the molecule is CCOc1ccc(NC(=O)CN2CCC(C)CC2)cc1S(=O)(=O)N1CCCCC1. The fraction of sp³-hybridized carbons (Fsp3) is 0.667. The summed E-state index contributed by atoms with van der Waals surface area (Å²) in [6.07, 6.45) is 5.00. The van der Waals surface area contributed by atoms with E-state index in [0.717, 1.165) is 45.2 Å². The predicted octanol–water partition coefficient (Wildman–Crippen LogP) is 2.93. The second-order valence-electron chi connectivity index (χ2n) is 8.07. The third kappa shape index (κ3) is 5.71. The van der Waals surface area contributed by atoms with Gasteiger partial charge in [-0.15, -0.1) is 0 Å². The Morgan fingerprint density at radius 2 is 1.83 bits per heavy atom. The number of nitrogens with one attached hydrogen (secondary N) is 1. The van der Waals surface area contributed by atoms with Crippen molar-refractivity contribution in [3.63, 3.8) is 0 Å². The average molecular weight is 424 g/mol. The van der Waals surface area contributed by atoms with Gasteiger partial charge in [0.15, 0.2) is 0 Å². The summed E-state index contributed by atoms with van der Waals surface area (Å²) in [6.45, 7) is 7.67. The molecule has 1 N–H and O–H groups in total. The molecule has 0 unspecified atom stereocenters. The van der Waals surface area contributed by atoms with E-state index in [-0.39, 0.29) is 10.8 Å². The van der Waals surface area contributed by atoms with Gasteiger partial charge in [0.2, 0.25) is 15.9 Å². The number of amides is 1. The topological polar surface area (TPSA) is 79.0 Å². The Morgan fingerprint density at radius 3 is 2.48 bits per heavy atom. The molecule has 0 aliphatic carbocycles. The Labute approximate surface area is 174 Å². The zero-order valence-corrected chi connectivity index (χ0v) is 18.3. The lowest BCUT2D eigenvalue weighted by Crippen LogP contribution is -2.38. The van der Waals surface area contributed by atoms with E-state index in [9.17, 15) is 13.2 Å². The third-order valence-corrected chi connectivity index (χ3v) is 7.62. The van der Waals surface area contributed by atoms with Crippen LogP contribution in [0.4, 0.5) is 5.69 Å². The van der Waals surface area contributed by atoms with Crippen LogP contribution < -0.4 is 10.1 Å². The van der Waals surface area contributed by atoms with Crippen LogP contribution in [0.2, 0.25) is 0 Å². The second kappa shape index (κ2) is 9.91. The van der Waals surface area contributed by atoms with Crippen LogP contribution in [0.25, 0.3) is 0 Å². The van der Waals surface area contributed by atoms with E-state index in [1.54, 1.807) is 12.1 Å². The smallest absolute Gasteiger partial charge is 0.246 e. The number of hydrogen-bond acceptors (Lipinski definition) is 5. The minimum absolute atomic E-state index is 0.120. The van der Waals surface area contributed by atoms with Gasteiger partial charge in [0.25, 0.3) is 0 Å². The highest BCUT2D eigenvalue weighted by Gasteiger charge is 2.29. The summed E-state index contributed by atoms with van der Waals surface area (Å²) in [7, 11) is -3.66. The molecule has 162 valence electrons. The number of benzene rings is 1. The van der Waals surface area contributed by atoms with Crippen molar-refractivity contribution in [2.75, 3.05) is 44.6 Å². The Morgan fingerprint density at radius 1 is 1.14 bits per heavy atom. The van der Waals surface area contributed by atoms with Crippen molar-refractivity contribution < 1.29 is 17.9 Å². The number of hydrogen-bond donors (Lipinski definition) is 1. The number of rotatable bonds is 7. The molecule has 1 aromatic carbocycles. The third-order valence-electron chi connectivity index (χ3n) is 5.70. The van der Waals surface area contributed by atoms with Gasteiger partial charge in [-0.3, -0.25) is 9.69 Å². The van der Waals surface area contributed by atoms with Gasteiger partial charge in [-0.2, -0.15) is 4.31 Å². The van der Waals surface area contributed by atoms with E-state index >= 15 is 0 Å². The highest BCUT2D eigenvalue weighted by atomic mass is 32.2. The Bertz CT molecular complexity index is 798. The van der Waals surface area contributed by atoms with Crippen LogP contribution in [0.3, 0.4) is 0 Å². The largest absolute Gasteiger partial charge is 0.492 e. The quantitative estimate of drug-likeness (QED) is 0.729. The molecule has 2 aliphatic rings. The first-order valence-electron chi connectivity index (χ1n) is 10.7. The molecule has 29 heavy (non-hydrogen) atoms. The molecule has 2 heterocycles. The number of carbonyl (C=O) groups is 1. The van der Waals surface area contributed by atoms with Gasteiger partial charge < -0.3 is 10.1 Å². The van der Waals surface area contributed by atoms with E-state index in [0.29, 0.717) is 43.6 Å². The lowest BCUT2D eigenvalue weighted by Gasteiger charge is -2.29. The highest BCUT2D eigenvalue weighted by Crippen LogP contribution is 2.31. The van der Waals surface area contributed by atoms with Crippen molar-refractivity contribution in [2.24, 2.45) is 5.92 Å². The first kappa shape index (κ1) is 22.1. The number of ether oxygens (including phenoxy) is 1. The fourth-order valence-electron chi connectivity index (χ4n) is 3.93. The van der Waals surface area contributed by atoms with Crippen molar-refractivity contribution in [1.82, 2.24) is 9.21 Å². The molecule has 0 atom stereocenters. The van der Waals surface area contributed by atoms with Gasteiger partial charge in [-0.25, -0.2) is 8.42 Å². The number of piperidine rings is 2. The molecule has 2 saturated heterocycles. The zero-order chi connectivity index (χ0) is 20.9. The molecule has 0 radical (unpaired) electrons. The number of anilines is 1. The van der Waals surface area contributed by atoms with Gasteiger partial charge in [0, 0.05) is 18.8 Å². The van der Waals surface area contributed by atoms with E-state index in [2.05, 4.69) is 17.1 Å². The maximum Gasteiger partial charge on any atom is 0.246 e. The molecular weight excluding hydrogens is 390 g/mol. The van der Waals surface area contributed by atoms with Crippen molar-refractivity contribution >= 4 is 21.6 Å². The number of sulfonamides is 1. The molecule has 0 saturated carbocycles. The van der Waals surface area contributed by atoms with Gasteiger partial charge >= 0.3 is 0 Å². The van der Waals surface area contributed by atoms with Crippen molar-refractivity contribution in [3.8, 4) is 5.75 Å².